The van der Waals surface area contributed by atoms with Crippen molar-refractivity contribution >= 4 is 21.7 Å². The number of nitrogens with one attached hydrogen (secondary N) is 1. The summed E-state index contributed by atoms with van der Waals surface area (Å²) in [6.45, 7) is 2.01. The zero-order valence-electron chi connectivity index (χ0n) is 10.2. The van der Waals surface area contributed by atoms with Gasteiger partial charge in [0.25, 0.3) is 0 Å². The summed E-state index contributed by atoms with van der Waals surface area (Å²) < 4.78 is 1.06. The van der Waals surface area contributed by atoms with E-state index in [1.54, 1.807) is 0 Å². The van der Waals surface area contributed by atoms with E-state index in [1.807, 2.05) is 19.1 Å². The molecule has 1 fully saturated rings. The number of nitrogens with zero attached hydrogens (tertiary/aromatic N) is 1. The molecule has 2 unspecified atom stereocenters. The van der Waals surface area contributed by atoms with Crippen LogP contribution in [0.15, 0.2) is 46.9 Å². The first kappa shape index (κ1) is 11.7. The fraction of sp³-hybridized carbons (Fsp3) is 0.267. The molecule has 2 aromatic rings. The molecule has 1 aliphatic rings. The summed E-state index contributed by atoms with van der Waals surface area (Å²) in [5, 5.41) is 3.50. The molecule has 0 radical (unpaired) electrons. The molecule has 92 valence electrons. The van der Waals surface area contributed by atoms with Crippen molar-refractivity contribution in [2.45, 2.75) is 25.3 Å². The Morgan fingerprint density at radius 2 is 1.94 bits per heavy atom. The highest BCUT2D eigenvalue weighted by atomic mass is 79.9. The molecule has 0 spiro atoms. The van der Waals surface area contributed by atoms with Gasteiger partial charge < -0.3 is 5.32 Å². The van der Waals surface area contributed by atoms with Crippen molar-refractivity contribution in [2.75, 3.05) is 5.32 Å². The zero-order chi connectivity index (χ0) is 12.5. The summed E-state index contributed by atoms with van der Waals surface area (Å²) in [7, 11) is 0. The van der Waals surface area contributed by atoms with Crippen molar-refractivity contribution in [1.82, 2.24) is 4.98 Å². The van der Waals surface area contributed by atoms with Gasteiger partial charge in [0.1, 0.15) is 5.82 Å². The first-order valence-corrected chi connectivity index (χ1v) is 6.98. The van der Waals surface area contributed by atoms with Gasteiger partial charge in [-0.15, -0.1) is 0 Å². The molecular formula is C15H15BrN2. The maximum absolute atomic E-state index is 4.52. The number of halogens is 1. The number of rotatable bonds is 3. The Morgan fingerprint density at radius 3 is 2.67 bits per heavy atom. The second-order valence-electron chi connectivity index (χ2n) is 4.77. The molecule has 2 atom stereocenters. The number of benzene rings is 1. The van der Waals surface area contributed by atoms with Crippen LogP contribution >= 0.6 is 15.9 Å². The third kappa shape index (κ3) is 2.41. The van der Waals surface area contributed by atoms with E-state index in [4.69, 9.17) is 0 Å². The number of aromatic nitrogens is 1. The van der Waals surface area contributed by atoms with E-state index in [-0.39, 0.29) is 0 Å². The van der Waals surface area contributed by atoms with Crippen molar-refractivity contribution in [3.05, 3.63) is 58.2 Å². The third-order valence-corrected chi connectivity index (χ3v) is 4.21. The number of aryl methyl sites for hydroxylation is 1. The van der Waals surface area contributed by atoms with Crippen LogP contribution in [0.5, 0.6) is 0 Å². The fourth-order valence-electron chi connectivity index (χ4n) is 2.24. The van der Waals surface area contributed by atoms with Crippen LogP contribution in [-0.4, -0.2) is 11.0 Å². The van der Waals surface area contributed by atoms with Gasteiger partial charge in [-0.05, 0) is 47.0 Å². The number of hydrogen-bond acceptors (Lipinski definition) is 2. The van der Waals surface area contributed by atoms with Gasteiger partial charge in [0, 0.05) is 16.4 Å². The Balaban J connectivity index is 1.67. The molecule has 0 bridgehead atoms. The van der Waals surface area contributed by atoms with Crippen molar-refractivity contribution in [1.29, 1.82) is 0 Å². The van der Waals surface area contributed by atoms with Crippen molar-refractivity contribution in [3.8, 4) is 0 Å². The van der Waals surface area contributed by atoms with Gasteiger partial charge >= 0.3 is 0 Å². The Labute approximate surface area is 116 Å². The highest BCUT2D eigenvalue weighted by Crippen LogP contribution is 2.42. The molecule has 1 aromatic heterocycles. The molecule has 1 aliphatic carbocycles. The van der Waals surface area contributed by atoms with Gasteiger partial charge in [0.15, 0.2) is 0 Å². The molecule has 2 nitrogen and oxygen atoms in total. The predicted molar refractivity (Wildman–Crippen MR) is 77.9 cm³/mol. The number of anilines is 1. The Kier molecular flexibility index (Phi) is 3.08. The minimum Gasteiger partial charge on any atom is -0.367 e. The third-order valence-electron chi connectivity index (χ3n) is 3.37. The molecule has 3 rings (SSSR count). The second kappa shape index (κ2) is 4.73. The summed E-state index contributed by atoms with van der Waals surface area (Å²) in [6.07, 6.45) is 1.20. The van der Waals surface area contributed by atoms with Crippen LogP contribution in [0.1, 0.15) is 23.6 Å². The quantitative estimate of drug-likeness (QED) is 0.922. The van der Waals surface area contributed by atoms with Crippen LogP contribution in [0.4, 0.5) is 5.82 Å². The monoisotopic (exact) mass is 302 g/mol. The Bertz CT molecular complexity index is 554. The second-order valence-corrected chi connectivity index (χ2v) is 5.62. The van der Waals surface area contributed by atoms with Crippen LogP contribution in [0.25, 0.3) is 0 Å². The largest absolute Gasteiger partial charge is 0.367 e. The van der Waals surface area contributed by atoms with Crippen molar-refractivity contribution < 1.29 is 0 Å². The molecule has 18 heavy (non-hydrogen) atoms. The lowest BCUT2D eigenvalue weighted by molar-refractivity contribution is 1.02. The summed E-state index contributed by atoms with van der Waals surface area (Å²) in [5.41, 5.74) is 2.45. The Morgan fingerprint density at radius 1 is 1.17 bits per heavy atom. The van der Waals surface area contributed by atoms with Gasteiger partial charge in [-0.2, -0.15) is 0 Å². The summed E-state index contributed by atoms with van der Waals surface area (Å²) in [6, 6.07) is 15.3. The van der Waals surface area contributed by atoms with Crippen LogP contribution in [0.3, 0.4) is 0 Å². The normalized spacial score (nSPS) is 21.7. The summed E-state index contributed by atoms with van der Waals surface area (Å²) in [4.78, 5) is 4.52. The van der Waals surface area contributed by atoms with Gasteiger partial charge in [-0.1, -0.05) is 30.3 Å². The highest BCUT2D eigenvalue weighted by molar-refractivity contribution is 9.10. The lowest BCUT2D eigenvalue weighted by Crippen LogP contribution is -2.06. The van der Waals surface area contributed by atoms with E-state index in [2.05, 4.69) is 56.6 Å². The lowest BCUT2D eigenvalue weighted by atomic mass is 10.1. The van der Waals surface area contributed by atoms with Crippen molar-refractivity contribution in [2.24, 2.45) is 0 Å². The first-order chi connectivity index (χ1) is 8.74. The average molecular weight is 303 g/mol. The SMILES string of the molecule is Cc1nc(NC2CC2c2ccccc2)ccc1Br. The standard InChI is InChI=1S/C15H15BrN2/c1-10-13(16)7-8-15(17-10)18-14-9-12(14)11-5-3-2-4-6-11/h2-8,12,14H,9H2,1H3,(H,17,18). The maximum atomic E-state index is 4.52. The molecule has 3 heteroatoms. The molecule has 1 aromatic carbocycles. The number of hydrogen-bond donors (Lipinski definition) is 1. The van der Waals surface area contributed by atoms with Crippen molar-refractivity contribution in [3.63, 3.8) is 0 Å². The minimum atomic E-state index is 0.528. The average Bonchev–Trinajstić information content (AvgIpc) is 3.14. The van der Waals surface area contributed by atoms with Gasteiger partial charge in [0.2, 0.25) is 0 Å². The molecule has 1 N–H and O–H groups in total. The first-order valence-electron chi connectivity index (χ1n) is 6.18. The maximum Gasteiger partial charge on any atom is 0.126 e. The summed E-state index contributed by atoms with van der Waals surface area (Å²) >= 11 is 3.47. The van der Waals surface area contributed by atoms with E-state index in [0.29, 0.717) is 12.0 Å². The smallest absolute Gasteiger partial charge is 0.126 e. The van der Waals surface area contributed by atoms with Gasteiger partial charge in [-0.25, -0.2) is 4.98 Å². The predicted octanol–water partition coefficient (Wildman–Crippen LogP) is 4.12. The number of pyridine rings is 1. The molecule has 0 amide bonds. The molecule has 0 aliphatic heterocycles. The molecule has 1 saturated carbocycles. The van der Waals surface area contributed by atoms with Crippen LogP contribution in [0, 0.1) is 6.92 Å². The van der Waals surface area contributed by atoms with E-state index in [9.17, 15) is 0 Å². The van der Waals surface area contributed by atoms with E-state index in [0.717, 1.165) is 16.0 Å². The van der Waals surface area contributed by atoms with E-state index < -0.39 is 0 Å². The van der Waals surface area contributed by atoms with Crippen LogP contribution < -0.4 is 5.32 Å². The lowest BCUT2D eigenvalue weighted by Gasteiger charge is -2.07. The minimum absolute atomic E-state index is 0.528. The highest BCUT2D eigenvalue weighted by Gasteiger charge is 2.38. The van der Waals surface area contributed by atoms with Crippen LogP contribution in [0.2, 0.25) is 0 Å². The zero-order valence-corrected chi connectivity index (χ0v) is 11.8. The van der Waals surface area contributed by atoms with Gasteiger partial charge in [0.05, 0.1) is 5.69 Å². The van der Waals surface area contributed by atoms with Crippen LogP contribution in [-0.2, 0) is 0 Å². The van der Waals surface area contributed by atoms with Gasteiger partial charge in [-0.3, -0.25) is 0 Å². The topological polar surface area (TPSA) is 24.9 Å². The van der Waals surface area contributed by atoms with E-state index >= 15 is 0 Å². The molecular weight excluding hydrogens is 288 g/mol. The Hall–Kier alpha value is -1.35. The molecule has 0 saturated heterocycles. The molecule has 1 heterocycles. The fourth-order valence-corrected chi connectivity index (χ4v) is 2.46. The summed E-state index contributed by atoms with van der Waals surface area (Å²) in [5.74, 6) is 1.61. The van der Waals surface area contributed by atoms with E-state index in [1.165, 1.54) is 12.0 Å².